The van der Waals surface area contributed by atoms with Crippen LogP contribution >= 0.6 is 0 Å². The summed E-state index contributed by atoms with van der Waals surface area (Å²) in [4.78, 5) is 9.25. The van der Waals surface area contributed by atoms with E-state index in [0.717, 1.165) is 16.6 Å². The van der Waals surface area contributed by atoms with Gasteiger partial charge >= 0.3 is 0 Å². The average Bonchev–Trinajstić information content (AvgIpc) is 2.76. The van der Waals surface area contributed by atoms with Gasteiger partial charge in [-0.1, -0.05) is 18.2 Å². The van der Waals surface area contributed by atoms with E-state index < -0.39 is 0 Å². The first-order chi connectivity index (χ1) is 14.7. The quantitative estimate of drug-likeness (QED) is 0.411. The van der Waals surface area contributed by atoms with Gasteiger partial charge in [0, 0.05) is 23.4 Å². The van der Waals surface area contributed by atoms with Gasteiger partial charge < -0.3 is 20.5 Å². The second-order valence-corrected chi connectivity index (χ2v) is 6.68. The van der Waals surface area contributed by atoms with Crippen molar-refractivity contribution in [3.8, 4) is 5.75 Å². The number of para-hydroxylation sites is 1. The van der Waals surface area contributed by atoms with Crippen LogP contribution in [0.25, 0.3) is 10.9 Å². The Balaban J connectivity index is 1.73. The van der Waals surface area contributed by atoms with Crippen LogP contribution in [0.2, 0.25) is 0 Å². The fraction of sp³-hybridized carbons (Fsp3) is 0.130. The second kappa shape index (κ2) is 8.75. The monoisotopic (exact) mass is 404 g/mol. The molecule has 7 heteroatoms. The van der Waals surface area contributed by atoms with Crippen LogP contribution < -0.4 is 15.4 Å². The first-order valence-electron chi connectivity index (χ1n) is 9.50. The van der Waals surface area contributed by atoms with Crippen molar-refractivity contribution >= 4 is 34.0 Å². The maximum absolute atomic E-state index is 13.3. The van der Waals surface area contributed by atoms with Gasteiger partial charge in [-0.25, -0.2) is 9.37 Å². The average molecular weight is 404 g/mol. The summed E-state index contributed by atoms with van der Waals surface area (Å²) in [5, 5.41) is 16.3. The summed E-state index contributed by atoms with van der Waals surface area (Å²) in [6, 6.07) is 19.4. The van der Waals surface area contributed by atoms with Gasteiger partial charge in [-0.15, -0.1) is 0 Å². The molecule has 0 bridgehead atoms. The number of nitrogens with one attached hydrogen (secondary N) is 2. The maximum Gasteiger partial charge on any atom is 0.229 e. The summed E-state index contributed by atoms with van der Waals surface area (Å²) in [5.41, 5.74) is 3.22. The van der Waals surface area contributed by atoms with E-state index in [0.29, 0.717) is 35.1 Å². The molecule has 1 aromatic heterocycles. The lowest BCUT2D eigenvalue weighted by molar-refractivity contribution is 0.299. The van der Waals surface area contributed by atoms with Gasteiger partial charge in [0.2, 0.25) is 5.95 Å². The van der Waals surface area contributed by atoms with Gasteiger partial charge in [-0.2, -0.15) is 4.98 Å². The Labute approximate surface area is 173 Å². The lowest BCUT2D eigenvalue weighted by atomic mass is 10.1. The number of hydrogen-bond acceptors (Lipinski definition) is 6. The van der Waals surface area contributed by atoms with E-state index in [1.54, 1.807) is 19.2 Å². The lowest BCUT2D eigenvalue weighted by Crippen LogP contribution is -2.03. The number of hydrogen-bond donors (Lipinski definition) is 3. The van der Waals surface area contributed by atoms with Crippen LogP contribution in [0.4, 0.5) is 27.5 Å². The number of anilines is 4. The van der Waals surface area contributed by atoms with Crippen molar-refractivity contribution < 1.29 is 14.2 Å². The van der Waals surface area contributed by atoms with Gasteiger partial charge in [-0.05, 0) is 60.5 Å². The Morgan fingerprint density at radius 2 is 1.60 bits per heavy atom. The second-order valence-electron chi connectivity index (χ2n) is 6.68. The van der Waals surface area contributed by atoms with Crippen LogP contribution in [-0.2, 0) is 6.42 Å². The van der Waals surface area contributed by atoms with Crippen LogP contribution in [0.3, 0.4) is 0 Å². The highest BCUT2D eigenvalue weighted by atomic mass is 19.1. The van der Waals surface area contributed by atoms with Crippen molar-refractivity contribution in [2.45, 2.75) is 6.42 Å². The third-order valence-electron chi connectivity index (χ3n) is 4.63. The zero-order chi connectivity index (χ0) is 20.9. The van der Waals surface area contributed by atoms with Gasteiger partial charge in [0.05, 0.1) is 7.11 Å². The summed E-state index contributed by atoms with van der Waals surface area (Å²) in [6.45, 7) is 0.110. The largest absolute Gasteiger partial charge is 0.494 e. The van der Waals surface area contributed by atoms with E-state index in [1.807, 2.05) is 42.5 Å². The van der Waals surface area contributed by atoms with Crippen LogP contribution in [0.5, 0.6) is 5.75 Å². The fourth-order valence-electron chi connectivity index (χ4n) is 3.12. The molecule has 0 aliphatic heterocycles. The molecule has 3 N–H and O–H groups in total. The fourth-order valence-corrected chi connectivity index (χ4v) is 3.12. The van der Waals surface area contributed by atoms with E-state index in [-0.39, 0.29) is 12.4 Å². The smallest absolute Gasteiger partial charge is 0.229 e. The third-order valence-corrected chi connectivity index (χ3v) is 4.63. The number of halogens is 1. The highest BCUT2D eigenvalue weighted by Gasteiger charge is 2.12. The number of nitrogens with zero attached hydrogens (tertiary/aromatic N) is 2. The predicted molar refractivity (Wildman–Crippen MR) is 116 cm³/mol. The van der Waals surface area contributed by atoms with E-state index in [2.05, 4.69) is 20.6 Å². The number of rotatable bonds is 7. The highest BCUT2D eigenvalue weighted by molar-refractivity contribution is 5.95. The molecular weight excluding hydrogens is 383 g/mol. The normalized spacial score (nSPS) is 10.8. The number of benzene rings is 3. The SMILES string of the molecule is COc1cccc2c(Nc3ccc(F)cc3)nc(Nc3ccc(CCO)cc3)nc12. The number of methoxy groups -OCH3 is 1. The number of ether oxygens (including phenoxy) is 1. The first kappa shape index (κ1) is 19.6. The Morgan fingerprint density at radius 1 is 0.900 bits per heavy atom. The molecule has 4 aromatic rings. The van der Waals surface area contributed by atoms with Crippen LogP contribution in [0, 0.1) is 5.82 Å². The van der Waals surface area contributed by atoms with Crippen molar-refractivity contribution in [1.29, 1.82) is 0 Å². The number of fused-ring (bicyclic) bond motifs is 1. The zero-order valence-electron chi connectivity index (χ0n) is 16.4. The van der Waals surface area contributed by atoms with Crippen molar-refractivity contribution in [3.05, 3.63) is 78.1 Å². The van der Waals surface area contributed by atoms with E-state index in [4.69, 9.17) is 9.84 Å². The molecule has 0 spiro atoms. The maximum atomic E-state index is 13.3. The van der Waals surface area contributed by atoms with Gasteiger partial charge in [0.25, 0.3) is 0 Å². The molecule has 0 fully saturated rings. The zero-order valence-corrected chi connectivity index (χ0v) is 16.4. The molecule has 4 rings (SSSR count). The summed E-state index contributed by atoms with van der Waals surface area (Å²) in [5.74, 6) is 1.29. The molecule has 6 nitrogen and oxygen atoms in total. The van der Waals surface area contributed by atoms with Crippen LogP contribution in [-0.4, -0.2) is 28.8 Å². The molecule has 0 unspecified atom stereocenters. The van der Waals surface area contributed by atoms with Gasteiger partial charge in [-0.3, -0.25) is 0 Å². The number of aliphatic hydroxyl groups is 1. The Bertz CT molecular complexity index is 1150. The van der Waals surface area contributed by atoms with E-state index in [1.165, 1.54) is 12.1 Å². The molecular formula is C23H21FN4O2. The van der Waals surface area contributed by atoms with E-state index >= 15 is 0 Å². The summed E-state index contributed by atoms with van der Waals surface area (Å²) >= 11 is 0. The molecule has 0 aliphatic carbocycles. The van der Waals surface area contributed by atoms with E-state index in [9.17, 15) is 4.39 Å². The van der Waals surface area contributed by atoms with Crippen LogP contribution in [0.15, 0.2) is 66.7 Å². The highest BCUT2D eigenvalue weighted by Crippen LogP contribution is 2.31. The number of aromatic nitrogens is 2. The van der Waals surface area contributed by atoms with Crippen molar-refractivity contribution in [3.63, 3.8) is 0 Å². The Kier molecular flexibility index (Phi) is 5.72. The minimum Gasteiger partial charge on any atom is -0.494 e. The van der Waals surface area contributed by atoms with Crippen molar-refractivity contribution in [2.75, 3.05) is 24.4 Å². The molecule has 152 valence electrons. The number of aliphatic hydroxyl groups excluding tert-OH is 1. The topological polar surface area (TPSA) is 79.3 Å². The molecule has 0 aliphatic rings. The summed E-state index contributed by atoms with van der Waals surface area (Å²) < 4.78 is 18.7. The predicted octanol–water partition coefficient (Wildman–Crippen LogP) is 4.80. The molecule has 0 saturated heterocycles. The molecule has 1 heterocycles. The van der Waals surface area contributed by atoms with Gasteiger partial charge in [0.15, 0.2) is 0 Å². The summed E-state index contributed by atoms with van der Waals surface area (Å²) in [6.07, 6.45) is 0.607. The lowest BCUT2D eigenvalue weighted by Gasteiger charge is -2.14. The van der Waals surface area contributed by atoms with Crippen molar-refractivity contribution in [1.82, 2.24) is 9.97 Å². The first-order valence-corrected chi connectivity index (χ1v) is 9.50. The molecule has 0 saturated carbocycles. The third kappa shape index (κ3) is 4.31. The molecule has 0 atom stereocenters. The molecule has 0 amide bonds. The molecule has 3 aromatic carbocycles. The van der Waals surface area contributed by atoms with Crippen LogP contribution in [0.1, 0.15) is 5.56 Å². The minimum absolute atomic E-state index is 0.110. The summed E-state index contributed by atoms with van der Waals surface area (Å²) in [7, 11) is 1.59. The Hall–Kier alpha value is -3.71. The minimum atomic E-state index is -0.304. The van der Waals surface area contributed by atoms with Crippen molar-refractivity contribution in [2.24, 2.45) is 0 Å². The Morgan fingerprint density at radius 3 is 2.30 bits per heavy atom. The standard InChI is InChI=1S/C23H21FN4O2/c1-30-20-4-2-3-19-21(20)27-23(26-18-9-5-15(6-10-18)13-14-29)28-22(19)25-17-11-7-16(24)8-12-17/h2-12,29H,13-14H2,1H3,(H2,25,26,27,28). The van der Waals surface area contributed by atoms with Gasteiger partial charge in [0.1, 0.15) is 22.9 Å². The molecule has 30 heavy (non-hydrogen) atoms. The molecule has 0 radical (unpaired) electrons.